The lowest BCUT2D eigenvalue weighted by atomic mass is 10.1. The van der Waals surface area contributed by atoms with Gasteiger partial charge in [-0.25, -0.2) is 9.97 Å². The van der Waals surface area contributed by atoms with Crippen LogP contribution in [0.25, 0.3) is 21.9 Å². The summed E-state index contributed by atoms with van der Waals surface area (Å²) in [7, 11) is 0. The number of nitrogens with two attached hydrogens (primary N) is 1. The molecule has 0 saturated carbocycles. The molecule has 0 radical (unpaired) electrons. The molecule has 7 nitrogen and oxygen atoms in total. The Labute approximate surface area is 162 Å². The molecule has 1 amide bonds. The van der Waals surface area contributed by atoms with E-state index in [1.165, 1.54) is 0 Å². The zero-order valence-electron chi connectivity index (χ0n) is 15.6. The summed E-state index contributed by atoms with van der Waals surface area (Å²) >= 11 is 0. The quantitative estimate of drug-likeness (QED) is 0.457. The van der Waals surface area contributed by atoms with Crippen LogP contribution in [0.1, 0.15) is 31.4 Å². The van der Waals surface area contributed by atoms with Crippen molar-refractivity contribution in [3.63, 3.8) is 0 Å². The number of carbonyl (C=O) groups is 1. The van der Waals surface area contributed by atoms with E-state index in [0.29, 0.717) is 18.8 Å². The van der Waals surface area contributed by atoms with Gasteiger partial charge in [0.25, 0.3) is 0 Å². The van der Waals surface area contributed by atoms with Gasteiger partial charge in [0, 0.05) is 18.4 Å². The van der Waals surface area contributed by atoms with Crippen molar-refractivity contribution in [2.24, 2.45) is 0 Å². The van der Waals surface area contributed by atoms with Crippen LogP contribution in [0.4, 0.5) is 5.82 Å². The molecule has 0 unspecified atom stereocenters. The maximum Gasteiger partial charge on any atom is 0.220 e. The fourth-order valence-corrected chi connectivity index (χ4v) is 3.41. The molecule has 3 N–H and O–H groups in total. The largest absolute Gasteiger partial charge is 0.467 e. The molecule has 0 fully saturated rings. The van der Waals surface area contributed by atoms with Crippen LogP contribution in [-0.4, -0.2) is 20.4 Å². The number of rotatable bonds is 8. The van der Waals surface area contributed by atoms with E-state index < -0.39 is 0 Å². The topological polar surface area (TPSA) is 99.0 Å². The third-order valence-electron chi connectivity index (χ3n) is 4.82. The molecule has 0 saturated heterocycles. The number of carbonyl (C=O) groups excluding carboxylic acids is 1. The number of imidazole rings is 1. The van der Waals surface area contributed by atoms with Crippen molar-refractivity contribution < 1.29 is 9.21 Å². The number of pyridine rings is 1. The number of aromatic nitrogens is 3. The van der Waals surface area contributed by atoms with Crippen molar-refractivity contribution in [2.45, 2.75) is 38.8 Å². The minimum absolute atomic E-state index is 0.0503. The highest BCUT2D eigenvalue weighted by Crippen LogP contribution is 2.27. The second-order valence-corrected chi connectivity index (χ2v) is 6.82. The van der Waals surface area contributed by atoms with Gasteiger partial charge in [0.1, 0.15) is 11.3 Å². The van der Waals surface area contributed by atoms with Crippen LogP contribution >= 0.6 is 0 Å². The van der Waals surface area contributed by atoms with E-state index in [1.54, 1.807) is 6.26 Å². The first-order chi connectivity index (χ1) is 13.7. The lowest BCUT2D eigenvalue weighted by molar-refractivity contribution is -0.121. The molecule has 4 aromatic rings. The van der Waals surface area contributed by atoms with Crippen LogP contribution in [0.2, 0.25) is 0 Å². The third kappa shape index (κ3) is 3.83. The highest BCUT2D eigenvalue weighted by Gasteiger charge is 2.11. The van der Waals surface area contributed by atoms with Crippen LogP contribution in [0, 0.1) is 0 Å². The van der Waals surface area contributed by atoms with Gasteiger partial charge >= 0.3 is 0 Å². The highest BCUT2D eigenvalue weighted by atomic mass is 16.3. The number of aryl methyl sites for hydroxylation is 1. The summed E-state index contributed by atoms with van der Waals surface area (Å²) in [6.07, 6.45) is 6.73. The van der Waals surface area contributed by atoms with Gasteiger partial charge in [0.15, 0.2) is 5.82 Å². The Hall–Kier alpha value is -3.35. The fourth-order valence-electron chi connectivity index (χ4n) is 3.41. The van der Waals surface area contributed by atoms with Crippen LogP contribution in [0.3, 0.4) is 0 Å². The summed E-state index contributed by atoms with van der Waals surface area (Å²) in [5.41, 5.74) is 8.72. The van der Waals surface area contributed by atoms with Crippen molar-refractivity contribution in [3.8, 4) is 0 Å². The number of furan rings is 1. The average Bonchev–Trinajstić information content (AvgIpc) is 3.37. The van der Waals surface area contributed by atoms with Crippen molar-refractivity contribution in [1.82, 2.24) is 19.9 Å². The SMILES string of the molecule is Nc1nc2ccccc2c2c1ncn2CCCCCC(=O)NCc1ccco1. The summed E-state index contributed by atoms with van der Waals surface area (Å²) in [4.78, 5) is 20.8. The number of para-hydroxylation sites is 1. The first-order valence-electron chi connectivity index (χ1n) is 9.50. The van der Waals surface area contributed by atoms with Crippen LogP contribution < -0.4 is 11.1 Å². The van der Waals surface area contributed by atoms with Crippen molar-refractivity contribution in [3.05, 3.63) is 54.7 Å². The molecular formula is C21H23N5O2. The Balaban J connectivity index is 1.31. The lowest BCUT2D eigenvalue weighted by Gasteiger charge is -2.08. The molecule has 144 valence electrons. The van der Waals surface area contributed by atoms with Crippen LogP contribution in [0.15, 0.2) is 53.4 Å². The van der Waals surface area contributed by atoms with Gasteiger partial charge in [-0.1, -0.05) is 24.6 Å². The molecular weight excluding hydrogens is 354 g/mol. The number of amides is 1. The highest BCUT2D eigenvalue weighted by molar-refractivity contribution is 6.06. The summed E-state index contributed by atoms with van der Waals surface area (Å²) < 4.78 is 7.34. The number of hydrogen-bond acceptors (Lipinski definition) is 5. The molecule has 0 aliphatic rings. The molecule has 0 aliphatic heterocycles. The van der Waals surface area contributed by atoms with E-state index in [9.17, 15) is 4.79 Å². The molecule has 3 aromatic heterocycles. The molecule has 3 heterocycles. The van der Waals surface area contributed by atoms with Crippen molar-refractivity contribution >= 4 is 33.7 Å². The summed E-state index contributed by atoms with van der Waals surface area (Å²) in [5.74, 6) is 1.27. The third-order valence-corrected chi connectivity index (χ3v) is 4.82. The second-order valence-electron chi connectivity index (χ2n) is 6.82. The first kappa shape index (κ1) is 18.0. The maximum atomic E-state index is 11.9. The predicted octanol–water partition coefficient (Wildman–Crippen LogP) is 3.64. The monoisotopic (exact) mass is 377 g/mol. The minimum Gasteiger partial charge on any atom is -0.467 e. The van der Waals surface area contributed by atoms with E-state index in [0.717, 1.165) is 53.5 Å². The van der Waals surface area contributed by atoms with Gasteiger partial charge in [-0.05, 0) is 31.0 Å². The van der Waals surface area contributed by atoms with E-state index in [2.05, 4.69) is 19.9 Å². The van der Waals surface area contributed by atoms with Crippen LogP contribution in [-0.2, 0) is 17.9 Å². The lowest BCUT2D eigenvalue weighted by Crippen LogP contribution is -2.22. The van der Waals surface area contributed by atoms with Crippen LogP contribution in [0.5, 0.6) is 0 Å². The summed E-state index contributed by atoms with van der Waals surface area (Å²) in [5, 5.41) is 3.93. The van der Waals surface area contributed by atoms with E-state index >= 15 is 0 Å². The number of unbranched alkanes of at least 4 members (excludes halogenated alkanes) is 2. The number of benzene rings is 1. The fraction of sp³-hybridized carbons (Fsp3) is 0.286. The smallest absolute Gasteiger partial charge is 0.220 e. The van der Waals surface area contributed by atoms with E-state index in [1.807, 2.05) is 42.7 Å². The molecule has 0 bridgehead atoms. The Bertz CT molecular complexity index is 1090. The Morgan fingerprint density at radius 3 is 2.89 bits per heavy atom. The van der Waals surface area contributed by atoms with Gasteiger partial charge in [-0.2, -0.15) is 0 Å². The zero-order chi connectivity index (χ0) is 19.3. The number of nitrogens with zero attached hydrogens (tertiary/aromatic N) is 3. The first-order valence-corrected chi connectivity index (χ1v) is 9.50. The maximum absolute atomic E-state index is 11.9. The molecule has 1 aromatic carbocycles. The second kappa shape index (κ2) is 8.12. The predicted molar refractivity (Wildman–Crippen MR) is 108 cm³/mol. The van der Waals surface area contributed by atoms with Gasteiger partial charge in [0.05, 0.1) is 30.2 Å². The molecule has 4 rings (SSSR count). The summed E-state index contributed by atoms with van der Waals surface area (Å²) in [6.45, 7) is 1.27. The Morgan fingerprint density at radius 1 is 1.14 bits per heavy atom. The standard InChI is InChI=1S/C21H23N5O2/c22-21-19-20(16-8-3-4-9-17(16)25-21)26(14-24-19)11-5-1-2-10-18(27)23-13-15-7-6-12-28-15/h3-4,6-9,12,14H,1-2,5,10-11,13H2,(H2,22,25)(H,23,27). The van der Waals surface area contributed by atoms with E-state index in [-0.39, 0.29) is 5.91 Å². The molecule has 0 aliphatic carbocycles. The Morgan fingerprint density at radius 2 is 2.04 bits per heavy atom. The van der Waals surface area contributed by atoms with Gasteiger partial charge in [-0.15, -0.1) is 0 Å². The number of anilines is 1. The molecule has 0 spiro atoms. The van der Waals surface area contributed by atoms with Crippen molar-refractivity contribution in [2.75, 3.05) is 5.73 Å². The van der Waals surface area contributed by atoms with Gasteiger partial charge in [-0.3, -0.25) is 4.79 Å². The summed E-state index contributed by atoms with van der Waals surface area (Å²) in [6, 6.07) is 11.6. The van der Waals surface area contributed by atoms with Gasteiger partial charge < -0.3 is 20.0 Å². The Kier molecular flexibility index (Phi) is 5.23. The van der Waals surface area contributed by atoms with Crippen molar-refractivity contribution in [1.29, 1.82) is 0 Å². The average molecular weight is 377 g/mol. The molecule has 0 atom stereocenters. The molecule has 7 heteroatoms. The number of nitrogen functional groups attached to an aromatic ring is 1. The number of hydrogen-bond donors (Lipinski definition) is 2. The number of nitrogens with one attached hydrogen (secondary N) is 1. The van der Waals surface area contributed by atoms with E-state index in [4.69, 9.17) is 10.2 Å². The zero-order valence-corrected chi connectivity index (χ0v) is 15.6. The normalized spacial score (nSPS) is 11.3. The number of fused-ring (bicyclic) bond motifs is 3. The molecule has 28 heavy (non-hydrogen) atoms. The minimum atomic E-state index is 0.0503. The van der Waals surface area contributed by atoms with Gasteiger partial charge in [0.2, 0.25) is 5.91 Å².